The molecule has 0 saturated carbocycles. The molecule has 0 bridgehead atoms. The molecule has 3 fully saturated rings. The first-order chi connectivity index (χ1) is 13.5. The van der Waals surface area contributed by atoms with Gasteiger partial charge in [-0.1, -0.05) is 23.2 Å². The third-order valence-corrected chi connectivity index (χ3v) is 6.61. The molecule has 3 saturated heterocycles. The highest BCUT2D eigenvalue weighted by Gasteiger charge is 2.42. The third kappa shape index (κ3) is 4.01. The second kappa shape index (κ2) is 8.19. The molecular formula is C20H24Cl2N2O4. The zero-order chi connectivity index (χ0) is 19.7. The van der Waals surface area contributed by atoms with Crippen molar-refractivity contribution in [2.75, 3.05) is 39.4 Å². The van der Waals surface area contributed by atoms with Crippen molar-refractivity contribution >= 4 is 35.0 Å². The van der Waals surface area contributed by atoms with Gasteiger partial charge in [0.15, 0.2) is 5.79 Å². The van der Waals surface area contributed by atoms with E-state index in [2.05, 4.69) is 0 Å². The summed E-state index contributed by atoms with van der Waals surface area (Å²) in [4.78, 5) is 29.5. The molecule has 1 unspecified atom stereocenters. The van der Waals surface area contributed by atoms with Crippen molar-refractivity contribution in [1.29, 1.82) is 0 Å². The Morgan fingerprint density at radius 1 is 1.00 bits per heavy atom. The van der Waals surface area contributed by atoms with Crippen molar-refractivity contribution < 1.29 is 19.1 Å². The molecule has 4 rings (SSSR count). The maximum atomic E-state index is 13.0. The van der Waals surface area contributed by atoms with E-state index in [1.54, 1.807) is 23.1 Å². The number of rotatable bonds is 2. The van der Waals surface area contributed by atoms with Gasteiger partial charge in [-0.05, 0) is 31.0 Å². The van der Waals surface area contributed by atoms with Crippen LogP contribution in [0.15, 0.2) is 18.2 Å². The summed E-state index contributed by atoms with van der Waals surface area (Å²) < 4.78 is 11.5. The summed E-state index contributed by atoms with van der Waals surface area (Å²) in [6.45, 7) is 3.61. The molecule has 2 amide bonds. The van der Waals surface area contributed by atoms with Gasteiger partial charge in [-0.2, -0.15) is 0 Å². The number of likely N-dealkylation sites (tertiary alicyclic amines) is 2. The van der Waals surface area contributed by atoms with Gasteiger partial charge in [-0.25, -0.2) is 0 Å². The molecular weight excluding hydrogens is 403 g/mol. The van der Waals surface area contributed by atoms with E-state index >= 15 is 0 Å². The minimum absolute atomic E-state index is 0.110. The molecule has 1 aromatic rings. The first-order valence-electron chi connectivity index (χ1n) is 9.78. The van der Waals surface area contributed by atoms with E-state index in [0.717, 1.165) is 12.8 Å². The fourth-order valence-electron chi connectivity index (χ4n) is 4.29. The van der Waals surface area contributed by atoms with E-state index in [1.165, 1.54) is 0 Å². The second-order valence-corrected chi connectivity index (χ2v) is 8.47. The van der Waals surface area contributed by atoms with E-state index in [-0.39, 0.29) is 17.7 Å². The van der Waals surface area contributed by atoms with E-state index in [9.17, 15) is 9.59 Å². The lowest BCUT2D eigenvalue weighted by Crippen LogP contribution is -2.51. The van der Waals surface area contributed by atoms with E-state index < -0.39 is 5.79 Å². The minimum atomic E-state index is -0.487. The molecule has 3 heterocycles. The van der Waals surface area contributed by atoms with E-state index in [4.69, 9.17) is 32.7 Å². The molecule has 0 N–H and O–H groups in total. The van der Waals surface area contributed by atoms with Gasteiger partial charge >= 0.3 is 0 Å². The molecule has 1 aromatic carbocycles. The molecule has 0 aliphatic carbocycles. The summed E-state index contributed by atoms with van der Waals surface area (Å²) >= 11 is 12.0. The quantitative estimate of drug-likeness (QED) is 0.728. The third-order valence-electron chi connectivity index (χ3n) is 5.87. The highest BCUT2D eigenvalue weighted by Crippen LogP contribution is 2.32. The minimum Gasteiger partial charge on any atom is -0.347 e. The van der Waals surface area contributed by atoms with Crippen LogP contribution in [-0.2, 0) is 14.3 Å². The summed E-state index contributed by atoms with van der Waals surface area (Å²) in [7, 11) is 0. The maximum Gasteiger partial charge on any atom is 0.253 e. The number of ether oxygens (including phenoxy) is 2. The predicted molar refractivity (Wildman–Crippen MR) is 106 cm³/mol. The van der Waals surface area contributed by atoms with Crippen molar-refractivity contribution in [2.24, 2.45) is 5.92 Å². The lowest BCUT2D eigenvalue weighted by atomic mass is 9.94. The second-order valence-electron chi connectivity index (χ2n) is 7.65. The Labute approximate surface area is 174 Å². The fraction of sp³-hybridized carbons (Fsp3) is 0.600. The number of carbonyl (C=O) groups is 2. The van der Waals surface area contributed by atoms with Crippen molar-refractivity contribution in [3.63, 3.8) is 0 Å². The average molecular weight is 427 g/mol. The van der Waals surface area contributed by atoms with Crippen LogP contribution in [0, 0.1) is 5.92 Å². The fourth-order valence-corrected chi connectivity index (χ4v) is 4.58. The molecule has 6 nitrogen and oxygen atoms in total. The average Bonchev–Trinajstić information content (AvgIpc) is 3.17. The highest BCUT2D eigenvalue weighted by molar-refractivity contribution is 6.42. The van der Waals surface area contributed by atoms with Crippen LogP contribution in [0.1, 0.15) is 36.0 Å². The van der Waals surface area contributed by atoms with Crippen LogP contribution in [0.4, 0.5) is 0 Å². The van der Waals surface area contributed by atoms with Crippen LogP contribution in [0.25, 0.3) is 0 Å². The van der Waals surface area contributed by atoms with Gasteiger partial charge in [0.2, 0.25) is 5.91 Å². The molecule has 152 valence electrons. The SMILES string of the molecule is O=C(c1ccc(Cl)c(Cl)c1)N1CCCC(C(=O)N2CCC3(CC2)OCCO3)C1. The lowest BCUT2D eigenvalue weighted by Gasteiger charge is -2.40. The van der Waals surface area contributed by atoms with Gasteiger partial charge < -0.3 is 19.3 Å². The Bertz CT molecular complexity index is 757. The van der Waals surface area contributed by atoms with Crippen LogP contribution in [-0.4, -0.2) is 66.8 Å². The van der Waals surface area contributed by atoms with Gasteiger partial charge in [0.1, 0.15) is 0 Å². The molecule has 0 aromatic heterocycles. The van der Waals surface area contributed by atoms with Crippen molar-refractivity contribution in [3.05, 3.63) is 33.8 Å². The Morgan fingerprint density at radius 3 is 2.39 bits per heavy atom. The summed E-state index contributed by atoms with van der Waals surface area (Å²) in [5.74, 6) is -0.639. The molecule has 8 heteroatoms. The lowest BCUT2D eigenvalue weighted by molar-refractivity contribution is -0.188. The smallest absolute Gasteiger partial charge is 0.253 e. The van der Waals surface area contributed by atoms with E-state index in [1.807, 2.05) is 4.90 Å². The molecule has 3 aliphatic rings. The predicted octanol–water partition coefficient (Wildman–Crippen LogP) is 3.21. The Morgan fingerprint density at radius 2 is 1.71 bits per heavy atom. The normalized spacial score (nSPS) is 24.6. The van der Waals surface area contributed by atoms with Gasteiger partial charge in [-0.3, -0.25) is 9.59 Å². The zero-order valence-electron chi connectivity index (χ0n) is 15.7. The highest BCUT2D eigenvalue weighted by atomic mass is 35.5. The summed E-state index contributed by atoms with van der Waals surface area (Å²) in [6, 6.07) is 4.89. The monoisotopic (exact) mass is 426 g/mol. The number of piperidine rings is 2. The molecule has 1 spiro atoms. The van der Waals surface area contributed by atoms with E-state index in [0.29, 0.717) is 67.8 Å². The number of hydrogen-bond donors (Lipinski definition) is 0. The van der Waals surface area contributed by atoms with Crippen LogP contribution < -0.4 is 0 Å². The number of hydrogen-bond acceptors (Lipinski definition) is 4. The molecule has 0 radical (unpaired) electrons. The number of amides is 2. The molecule has 1 atom stereocenters. The Kier molecular flexibility index (Phi) is 5.83. The van der Waals surface area contributed by atoms with Crippen molar-refractivity contribution in [1.82, 2.24) is 9.80 Å². The Balaban J connectivity index is 1.37. The van der Waals surface area contributed by atoms with Crippen LogP contribution in [0.2, 0.25) is 10.0 Å². The maximum absolute atomic E-state index is 13.0. The van der Waals surface area contributed by atoms with Gasteiger partial charge in [-0.15, -0.1) is 0 Å². The number of nitrogens with zero attached hydrogens (tertiary/aromatic N) is 2. The summed E-state index contributed by atoms with van der Waals surface area (Å²) in [5, 5.41) is 0.777. The van der Waals surface area contributed by atoms with Crippen LogP contribution >= 0.6 is 23.2 Å². The Hall–Kier alpha value is -1.34. The van der Waals surface area contributed by atoms with Crippen LogP contribution in [0.3, 0.4) is 0 Å². The molecule has 28 heavy (non-hydrogen) atoms. The first-order valence-corrected chi connectivity index (χ1v) is 10.5. The topological polar surface area (TPSA) is 59.1 Å². The number of halogens is 2. The van der Waals surface area contributed by atoms with Crippen molar-refractivity contribution in [2.45, 2.75) is 31.5 Å². The largest absolute Gasteiger partial charge is 0.347 e. The van der Waals surface area contributed by atoms with Gasteiger partial charge in [0, 0.05) is 44.6 Å². The van der Waals surface area contributed by atoms with Gasteiger partial charge in [0.25, 0.3) is 5.91 Å². The summed E-state index contributed by atoms with van der Waals surface area (Å²) in [5.41, 5.74) is 0.498. The standard InChI is InChI=1S/C20H24Cl2N2O4/c21-16-4-3-14(12-17(16)22)18(25)24-7-1-2-15(13-24)19(26)23-8-5-20(6-9-23)27-10-11-28-20/h3-4,12,15H,1-2,5-11,13H2. The molecule has 3 aliphatic heterocycles. The number of carbonyl (C=O) groups excluding carboxylic acids is 2. The van der Waals surface area contributed by atoms with Crippen molar-refractivity contribution in [3.8, 4) is 0 Å². The zero-order valence-corrected chi connectivity index (χ0v) is 17.2. The number of benzene rings is 1. The first kappa shape index (κ1) is 20.0. The van der Waals surface area contributed by atoms with Crippen LogP contribution in [0.5, 0.6) is 0 Å². The van der Waals surface area contributed by atoms with Gasteiger partial charge in [0.05, 0.1) is 29.2 Å². The summed E-state index contributed by atoms with van der Waals surface area (Å²) in [6.07, 6.45) is 3.03.